The van der Waals surface area contributed by atoms with Gasteiger partial charge in [-0.3, -0.25) is 4.79 Å². The molecule has 0 unspecified atom stereocenters. The van der Waals surface area contributed by atoms with Crippen LogP contribution in [-0.2, 0) is 0 Å². The molecule has 0 spiro atoms. The molecule has 16 heavy (non-hydrogen) atoms. The highest BCUT2D eigenvalue weighted by molar-refractivity contribution is 6.37. The van der Waals surface area contributed by atoms with Crippen molar-refractivity contribution in [3.05, 3.63) is 33.7 Å². The number of halogens is 2. The Morgan fingerprint density at radius 1 is 1.50 bits per heavy atom. The van der Waals surface area contributed by atoms with E-state index in [2.05, 4.69) is 4.98 Å². The van der Waals surface area contributed by atoms with E-state index < -0.39 is 11.7 Å². The van der Waals surface area contributed by atoms with Crippen LogP contribution in [0.5, 0.6) is 0 Å². The first-order valence-electron chi connectivity index (χ1n) is 4.70. The second-order valence-electron chi connectivity index (χ2n) is 3.71. The number of H-pyrrole nitrogens is 1. The standard InChI is InChI=1S/C11H10ClFN2O/c1-4-7(13)3-6(11(14)16)10-8(4)9(12)5(2)15-10/h3,15H,1-2H3,(H2,14,16). The summed E-state index contributed by atoms with van der Waals surface area (Å²) in [5.41, 5.74) is 6.90. The molecule has 0 fully saturated rings. The molecule has 0 saturated heterocycles. The highest BCUT2D eigenvalue weighted by atomic mass is 35.5. The van der Waals surface area contributed by atoms with Crippen LogP contribution >= 0.6 is 11.6 Å². The van der Waals surface area contributed by atoms with Gasteiger partial charge >= 0.3 is 0 Å². The van der Waals surface area contributed by atoms with Gasteiger partial charge in [0.2, 0.25) is 0 Å². The lowest BCUT2D eigenvalue weighted by atomic mass is 10.1. The summed E-state index contributed by atoms with van der Waals surface area (Å²) in [6, 6.07) is 1.13. The third kappa shape index (κ3) is 1.38. The number of aromatic nitrogens is 1. The Morgan fingerprint density at radius 2 is 2.12 bits per heavy atom. The second-order valence-corrected chi connectivity index (χ2v) is 4.09. The topological polar surface area (TPSA) is 58.9 Å². The van der Waals surface area contributed by atoms with Crippen molar-refractivity contribution in [3.8, 4) is 0 Å². The largest absolute Gasteiger partial charge is 0.366 e. The summed E-state index contributed by atoms with van der Waals surface area (Å²) in [6.45, 7) is 3.37. The third-order valence-corrected chi connectivity index (χ3v) is 3.12. The molecule has 2 rings (SSSR count). The van der Waals surface area contributed by atoms with E-state index in [9.17, 15) is 9.18 Å². The summed E-state index contributed by atoms with van der Waals surface area (Å²) >= 11 is 6.05. The Kier molecular flexibility index (Phi) is 2.39. The summed E-state index contributed by atoms with van der Waals surface area (Å²) in [5, 5.41) is 0.947. The molecule has 0 atom stereocenters. The number of primary amides is 1. The molecule has 1 heterocycles. The van der Waals surface area contributed by atoms with Crippen LogP contribution < -0.4 is 5.73 Å². The van der Waals surface area contributed by atoms with Gasteiger partial charge < -0.3 is 10.7 Å². The van der Waals surface area contributed by atoms with Gasteiger partial charge in [0.1, 0.15) is 5.82 Å². The van der Waals surface area contributed by atoms with Gasteiger partial charge in [-0.25, -0.2) is 4.39 Å². The number of benzene rings is 1. The van der Waals surface area contributed by atoms with E-state index in [4.69, 9.17) is 17.3 Å². The molecule has 5 heteroatoms. The number of aromatic amines is 1. The number of carbonyl (C=O) groups excluding carboxylic acids is 1. The summed E-state index contributed by atoms with van der Waals surface area (Å²) in [7, 11) is 0. The first-order valence-corrected chi connectivity index (χ1v) is 5.08. The lowest BCUT2D eigenvalue weighted by Gasteiger charge is -2.03. The van der Waals surface area contributed by atoms with E-state index in [0.29, 0.717) is 27.2 Å². The van der Waals surface area contributed by atoms with Crippen molar-refractivity contribution in [2.24, 2.45) is 5.73 Å². The molecular formula is C11H10ClFN2O. The summed E-state index contributed by atoms with van der Waals surface area (Å²) in [4.78, 5) is 14.1. The zero-order valence-corrected chi connectivity index (χ0v) is 9.57. The van der Waals surface area contributed by atoms with Crippen molar-refractivity contribution in [3.63, 3.8) is 0 Å². The molecule has 1 aromatic carbocycles. The molecule has 84 valence electrons. The molecule has 0 radical (unpaired) electrons. The van der Waals surface area contributed by atoms with Crippen LogP contribution in [0.15, 0.2) is 6.07 Å². The van der Waals surface area contributed by atoms with E-state index in [1.165, 1.54) is 0 Å². The Hall–Kier alpha value is -1.55. The number of amides is 1. The van der Waals surface area contributed by atoms with Gasteiger partial charge in [0.15, 0.2) is 0 Å². The molecule has 3 nitrogen and oxygen atoms in total. The minimum atomic E-state index is -0.679. The van der Waals surface area contributed by atoms with Crippen LogP contribution in [0.4, 0.5) is 4.39 Å². The van der Waals surface area contributed by atoms with E-state index in [-0.39, 0.29) is 5.56 Å². The molecule has 1 amide bonds. The molecule has 0 aliphatic heterocycles. The van der Waals surface area contributed by atoms with Gasteiger partial charge in [0, 0.05) is 11.1 Å². The van der Waals surface area contributed by atoms with Crippen LogP contribution in [-0.4, -0.2) is 10.9 Å². The predicted octanol–water partition coefficient (Wildman–Crippen LogP) is 2.68. The minimum Gasteiger partial charge on any atom is -0.366 e. The van der Waals surface area contributed by atoms with Crippen LogP contribution in [0.25, 0.3) is 10.9 Å². The van der Waals surface area contributed by atoms with Gasteiger partial charge in [0.05, 0.1) is 16.1 Å². The number of nitrogens with one attached hydrogen (secondary N) is 1. The normalized spacial score (nSPS) is 11.0. The van der Waals surface area contributed by atoms with Crippen LogP contribution in [0.3, 0.4) is 0 Å². The zero-order chi connectivity index (χ0) is 12.0. The molecule has 1 aromatic heterocycles. The third-order valence-electron chi connectivity index (χ3n) is 2.65. The number of fused-ring (bicyclic) bond motifs is 1. The summed E-state index contributed by atoms with van der Waals surface area (Å²) in [6.07, 6.45) is 0. The molecular weight excluding hydrogens is 231 g/mol. The maximum Gasteiger partial charge on any atom is 0.250 e. The molecule has 2 aromatic rings. The average Bonchev–Trinajstić information content (AvgIpc) is 2.49. The van der Waals surface area contributed by atoms with Crippen molar-refractivity contribution in [2.75, 3.05) is 0 Å². The highest BCUT2D eigenvalue weighted by Crippen LogP contribution is 2.33. The van der Waals surface area contributed by atoms with Gasteiger partial charge in [-0.2, -0.15) is 0 Å². The monoisotopic (exact) mass is 240 g/mol. The predicted molar refractivity (Wildman–Crippen MR) is 61.3 cm³/mol. The smallest absolute Gasteiger partial charge is 0.250 e. The first-order chi connectivity index (χ1) is 7.43. The molecule has 3 N–H and O–H groups in total. The van der Waals surface area contributed by atoms with Crippen molar-refractivity contribution in [2.45, 2.75) is 13.8 Å². The van der Waals surface area contributed by atoms with E-state index >= 15 is 0 Å². The molecule has 0 aliphatic rings. The average molecular weight is 241 g/mol. The van der Waals surface area contributed by atoms with Crippen molar-refractivity contribution < 1.29 is 9.18 Å². The van der Waals surface area contributed by atoms with Crippen LogP contribution in [0.1, 0.15) is 21.6 Å². The number of hydrogen-bond donors (Lipinski definition) is 2. The Labute approximate surface area is 96.4 Å². The number of aryl methyl sites for hydroxylation is 2. The van der Waals surface area contributed by atoms with Gasteiger partial charge in [-0.1, -0.05) is 11.6 Å². The first kappa shape index (κ1) is 11.0. The fraction of sp³-hybridized carbons (Fsp3) is 0.182. The van der Waals surface area contributed by atoms with E-state index in [1.807, 2.05) is 0 Å². The van der Waals surface area contributed by atoms with E-state index in [1.54, 1.807) is 13.8 Å². The number of rotatable bonds is 1. The fourth-order valence-corrected chi connectivity index (χ4v) is 2.06. The van der Waals surface area contributed by atoms with E-state index in [0.717, 1.165) is 6.07 Å². The zero-order valence-electron chi connectivity index (χ0n) is 8.82. The number of nitrogens with two attached hydrogens (primary N) is 1. The minimum absolute atomic E-state index is 0.119. The lowest BCUT2D eigenvalue weighted by Crippen LogP contribution is -2.12. The van der Waals surface area contributed by atoms with Crippen LogP contribution in [0.2, 0.25) is 5.02 Å². The van der Waals surface area contributed by atoms with Crippen molar-refractivity contribution in [1.82, 2.24) is 4.98 Å². The molecule has 0 aliphatic carbocycles. The maximum atomic E-state index is 13.6. The van der Waals surface area contributed by atoms with Crippen molar-refractivity contribution in [1.29, 1.82) is 0 Å². The summed E-state index contributed by atoms with van der Waals surface area (Å²) < 4.78 is 13.6. The lowest BCUT2D eigenvalue weighted by molar-refractivity contribution is 0.100. The second kappa shape index (κ2) is 3.49. The van der Waals surface area contributed by atoms with Gasteiger partial charge in [0.25, 0.3) is 5.91 Å². The Bertz CT molecular complexity index is 604. The summed E-state index contributed by atoms with van der Waals surface area (Å²) in [5.74, 6) is -1.16. The fourth-order valence-electron chi connectivity index (χ4n) is 1.78. The van der Waals surface area contributed by atoms with Crippen LogP contribution in [0, 0.1) is 19.7 Å². The quantitative estimate of drug-likeness (QED) is 0.791. The SMILES string of the molecule is Cc1[nH]c2c(C(N)=O)cc(F)c(C)c2c1Cl. The Morgan fingerprint density at radius 3 is 2.69 bits per heavy atom. The molecule has 0 bridgehead atoms. The highest BCUT2D eigenvalue weighted by Gasteiger charge is 2.18. The number of hydrogen-bond acceptors (Lipinski definition) is 1. The Balaban J connectivity index is 3.01. The maximum absolute atomic E-state index is 13.6. The number of carbonyl (C=O) groups is 1. The molecule has 0 saturated carbocycles. The van der Waals surface area contributed by atoms with Gasteiger partial charge in [-0.05, 0) is 25.5 Å². The van der Waals surface area contributed by atoms with Gasteiger partial charge in [-0.15, -0.1) is 0 Å². The van der Waals surface area contributed by atoms with Crippen molar-refractivity contribution >= 4 is 28.4 Å².